The zero-order valence-corrected chi connectivity index (χ0v) is 14.4. The van der Waals surface area contributed by atoms with E-state index in [2.05, 4.69) is 40.6 Å². The van der Waals surface area contributed by atoms with Gasteiger partial charge in [-0.3, -0.25) is 4.98 Å². The standard InChI is InChI=1S/C21H17N3S/c1-3-8-16(9-4-1)20-19(15-23-18-11-5-2-6-12-18)25-21(24-20)17-10-7-13-22-14-17/h1-14,23H,15H2. The summed E-state index contributed by atoms with van der Waals surface area (Å²) in [5.74, 6) is 0. The lowest BCUT2D eigenvalue weighted by Gasteiger charge is -2.06. The molecule has 0 atom stereocenters. The first-order valence-corrected chi connectivity index (χ1v) is 8.96. The van der Waals surface area contributed by atoms with E-state index < -0.39 is 0 Å². The molecule has 2 aromatic carbocycles. The summed E-state index contributed by atoms with van der Waals surface area (Å²) < 4.78 is 0. The van der Waals surface area contributed by atoms with Gasteiger partial charge in [-0.15, -0.1) is 11.3 Å². The molecule has 0 saturated carbocycles. The maximum atomic E-state index is 4.90. The monoisotopic (exact) mass is 343 g/mol. The molecule has 4 heteroatoms. The molecule has 0 fully saturated rings. The first kappa shape index (κ1) is 15.5. The van der Waals surface area contributed by atoms with Crippen LogP contribution in [0.15, 0.2) is 85.2 Å². The molecule has 0 aliphatic carbocycles. The molecule has 0 aliphatic heterocycles. The van der Waals surface area contributed by atoms with Crippen LogP contribution in [0, 0.1) is 0 Å². The first-order chi connectivity index (χ1) is 12.4. The number of hydrogen-bond acceptors (Lipinski definition) is 4. The molecule has 0 saturated heterocycles. The number of thiazole rings is 1. The fourth-order valence-corrected chi connectivity index (χ4v) is 3.66. The highest BCUT2D eigenvalue weighted by molar-refractivity contribution is 7.15. The van der Waals surface area contributed by atoms with E-state index in [1.807, 2.05) is 48.7 Å². The molecule has 0 amide bonds. The van der Waals surface area contributed by atoms with E-state index in [0.29, 0.717) is 0 Å². The van der Waals surface area contributed by atoms with Gasteiger partial charge in [-0.2, -0.15) is 0 Å². The van der Waals surface area contributed by atoms with E-state index in [1.165, 1.54) is 4.88 Å². The van der Waals surface area contributed by atoms with Crippen LogP contribution in [-0.2, 0) is 6.54 Å². The average molecular weight is 343 g/mol. The Morgan fingerprint density at radius 2 is 1.52 bits per heavy atom. The molecule has 0 bridgehead atoms. The van der Waals surface area contributed by atoms with Gasteiger partial charge in [-0.1, -0.05) is 48.5 Å². The smallest absolute Gasteiger partial charge is 0.125 e. The van der Waals surface area contributed by atoms with Crippen LogP contribution in [0.2, 0.25) is 0 Å². The van der Waals surface area contributed by atoms with Crippen molar-refractivity contribution in [3.63, 3.8) is 0 Å². The molecule has 2 heterocycles. The highest BCUT2D eigenvalue weighted by Gasteiger charge is 2.14. The second-order valence-corrected chi connectivity index (χ2v) is 6.70. The maximum absolute atomic E-state index is 4.90. The first-order valence-electron chi connectivity index (χ1n) is 8.14. The van der Waals surface area contributed by atoms with Crippen molar-refractivity contribution in [1.29, 1.82) is 0 Å². The van der Waals surface area contributed by atoms with Gasteiger partial charge in [0.05, 0.1) is 17.1 Å². The van der Waals surface area contributed by atoms with Gasteiger partial charge in [0.2, 0.25) is 0 Å². The van der Waals surface area contributed by atoms with Crippen molar-refractivity contribution in [3.05, 3.63) is 90.1 Å². The number of rotatable bonds is 5. The average Bonchev–Trinajstić information content (AvgIpc) is 3.13. The van der Waals surface area contributed by atoms with Gasteiger partial charge >= 0.3 is 0 Å². The molecule has 0 aliphatic rings. The predicted molar refractivity (Wildman–Crippen MR) is 105 cm³/mol. The summed E-state index contributed by atoms with van der Waals surface area (Å²) in [6, 6.07) is 24.6. The summed E-state index contributed by atoms with van der Waals surface area (Å²) >= 11 is 1.71. The molecule has 122 valence electrons. The van der Waals surface area contributed by atoms with Gasteiger partial charge in [0.15, 0.2) is 0 Å². The SMILES string of the molecule is c1ccc(NCc2sc(-c3cccnc3)nc2-c2ccccc2)cc1. The summed E-state index contributed by atoms with van der Waals surface area (Å²) in [6.45, 7) is 0.742. The highest BCUT2D eigenvalue weighted by Crippen LogP contribution is 2.34. The van der Waals surface area contributed by atoms with E-state index in [9.17, 15) is 0 Å². The van der Waals surface area contributed by atoms with Gasteiger partial charge in [-0.25, -0.2) is 4.98 Å². The quantitative estimate of drug-likeness (QED) is 0.521. The largest absolute Gasteiger partial charge is 0.380 e. The fourth-order valence-electron chi connectivity index (χ4n) is 2.64. The second-order valence-electron chi connectivity index (χ2n) is 5.62. The Hall–Kier alpha value is -2.98. The summed E-state index contributed by atoms with van der Waals surface area (Å²) in [5, 5.41) is 4.49. The Morgan fingerprint density at radius 3 is 2.24 bits per heavy atom. The predicted octanol–water partition coefficient (Wildman–Crippen LogP) is 5.48. The van der Waals surface area contributed by atoms with Crippen LogP contribution >= 0.6 is 11.3 Å². The summed E-state index contributed by atoms with van der Waals surface area (Å²) in [5.41, 5.74) is 4.33. The van der Waals surface area contributed by atoms with Crippen molar-refractivity contribution < 1.29 is 0 Å². The van der Waals surface area contributed by atoms with Gasteiger partial charge in [0.1, 0.15) is 5.01 Å². The van der Waals surface area contributed by atoms with E-state index in [-0.39, 0.29) is 0 Å². The van der Waals surface area contributed by atoms with E-state index in [4.69, 9.17) is 4.98 Å². The molecule has 4 rings (SSSR count). The van der Waals surface area contributed by atoms with Crippen molar-refractivity contribution >= 4 is 17.0 Å². The van der Waals surface area contributed by atoms with Crippen molar-refractivity contribution in [2.45, 2.75) is 6.54 Å². The number of para-hydroxylation sites is 1. The number of anilines is 1. The second kappa shape index (κ2) is 7.28. The van der Waals surface area contributed by atoms with Gasteiger partial charge in [0.25, 0.3) is 0 Å². The third-order valence-electron chi connectivity index (χ3n) is 3.88. The zero-order valence-electron chi connectivity index (χ0n) is 13.6. The molecule has 2 aromatic heterocycles. The van der Waals surface area contributed by atoms with Crippen LogP contribution in [0.4, 0.5) is 5.69 Å². The molecule has 0 unspecified atom stereocenters. The summed E-state index contributed by atoms with van der Waals surface area (Å²) in [7, 11) is 0. The van der Waals surface area contributed by atoms with Gasteiger partial charge in [0, 0.05) is 29.2 Å². The lowest BCUT2D eigenvalue weighted by molar-refractivity contribution is 1.18. The lowest BCUT2D eigenvalue weighted by atomic mass is 10.1. The van der Waals surface area contributed by atoms with Crippen molar-refractivity contribution in [1.82, 2.24) is 9.97 Å². The van der Waals surface area contributed by atoms with Crippen LogP contribution in [0.3, 0.4) is 0 Å². The molecule has 4 aromatic rings. The molecular weight excluding hydrogens is 326 g/mol. The molecule has 25 heavy (non-hydrogen) atoms. The van der Waals surface area contributed by atoms with Crippen LogP contribution in [-0.4, -0.2) is 9.97 Å². The highest BCUT2D eigenvalue weighted by atomic mass is 32.1. The molecule has 0 radical (unpaired) electrons. The Balaban J connectivity index is 1.69. The number of benzene rings is 2. The van der Waals surface area contributed by atoms with Gasteiger partial charge < -0.3 is 5.32 Å². The Kier molecular flexibility index (Phi) is 4.53. The van der Waals surface area contributed by atoms with E-state index >= 15 is 0 Å². The van der Waals surface area contributed by atoms with Crippen molar-refractivity contribution in [2.24, 2.45) is 0 Å². The lowest BCUT2D eigenvalue weighted by Crippen LogP contribution is -1.98. The van der Waals surface area contributed by atoms with Crippen molar-refractivity contribution in [3.8, 4) is 21.8 Å². The fraction of sp³-hybridized carbons (Fsp3) is 0.0476. The van der Waals surface area contributed by atoms with E-state index in [0.717, 1.165) is 34.1 Å². The van der Waals surface area contributed by atoms with Crippen LogP contribution in [0.5, 0.6) is 0 Å². The van der Waals surface area contributed by atoms with E-state index in [1.54, 1.807) is 17.5 Å². The molecule has 3 nitrogen and oxygen atoms in total. The molecule has 1 N–H and O–H groups in total. The third-order valence-corrected chi connectivity index (χ3v) is 4.98. The number of nitrogens with zero attached hydrogens (tertiary/aromatic N) is 2. The minimum Gasteiger partial charge on any atom is -0.380 e. The Labute approximate surface area is 151 Å². The molecular formula is C21H17N3S. The Morgan fingerprint density at radius 1 is 0.800 bits per heavy atom. The maximum Gasteiger partial charge on any atom is 0.125 e. The van der Waals surface area contributed by atoms with Crippen LogP contribution in [0.1, 0.15) is 4.88 Å². The number of nitrogens with one attached hydrogen (secondary N) is 1. The number of hydrogen-bond donors (Lipinski definition) is 1. The normalized spacial score (nSPS) is 10.6. The third kappa shape index (κ3) is 3.59. The van der Waals surface area contributed by atoms with Crippen LogP contribution in [0.25, 0.3) is 21.8 Å². The van der Waals surface area contributed by atoms with Crippen molar-refractivity contribution in [2.75, 3.05) is 5.32 Å². The summed E-state index contributed by atoms with van der Waals surface area (Å²) in [4.78, 5) is 10.3. The van der Waals surface area contributed by atoms with Gasteiger partial charge in [-0.05, 0) is 24.3 Å². The number of aromatic nitrogens is 2. The number of pyridine rings is 1. The van der Waals surface area contributed by atoms with Crippen LogP contribution < -0.4 is 5.32 Å². The molecule has 0 spiro atoms. The summed E-state index contributed by atoms with van der Waals surface area (Å²) in [6.07, 6.45) is 3.65. The minimum absolute atomic E-state index is 0.742. The topological polar surface area (TPSA) is 37.8 Å². The Bertz CT molecular complexity index is 935. The minimum atomic E-state index is 0.742. The zero-order chi connectivity index (χ0) is 16.9.